The Hall–Kier alpha value is -1.51. The topological polar surface area (TPSA) is 42.3 Å². The molecule has 4 heteroatoms. The quantitative estimate of drug-likeness (QED) is 0.537. The van der Waals surface area contributed by atoms with Crippen molar-refractivity contribution in [3.8, 4) is 0 Å². The highest BCUT2D eigenvalue weighted by atomic mass is 32.1. The first-order valence-corrected chi connectivity index (χ1v) is 4.64. The second kappa shape index (κ2) is 3.47. The molecule has 0 amide bonds. The fourth-order valence-corrected chi connectivity index (χ4v) is 1.98. The van der Waals surface area contributed by atoms with E-state index in [4.69, 9.17) is 0 Å². The van der Waals surface area contributed by atoms with E-state index in [1.165, 1.54) is 6.08 Å². The molecule has 0 N–H and O–H groups in total. The first-order chi connectivity index (χ1) is 6.42. The second-order valence-electron chi connectivity index (χ2n) is 2.53. The number of nitrogens with zero attached hydrogens (tertiary/aromatic N) is 2. The predicted molar refractivity (Wildman–Crippen MR) is 51.4 cm³/mol. The molecule has 0 atom stereocenters. The summed E-state index contributed by atoms with van der Waals surface area (Å²) >= 11 is 1.56. The van der Waals surface area contributed by atoms with Gasteiger partial charge in [0.25, 0.3) is 0 Å². The van der Waals surface area contributed by atoms with Gasteiger partial charge in [-0.3, -0.25) is 0 Å². The van der Waals surface area contributed by atoms with Gasteiger partial charge >= 0.3 is 0 Å². The lowest BCUT2D eigenvalue weighted by Crippen LogP contribution is -1.80. The Balaban J connectivity index is 2.54. The number of aromatic nitrogens is 1. The van der Waals surface area contributed by atoms with Crippen LogP contribution in [0.25, 0.3) is 10.2 Å². The summed E-state index contributed by atoms with van der Waals surface area (Å²) in [6.45, 7) is 0.392. The van der Waals surface area contributed by atoms with Crippen LogP contribution >= 0.6 is 11.3 Å². The smallest absolute Gasteiger partial charge is 0.235 e. The molecule has 0 fully saturated rings. The van der Waals surface area contributed by atoms with Gasteiger partial charge in [-0.2, -0.15) is 0 Å². The second-order valence-corrected chi connectivity index (χ2v) is 3.38. The number of hydrogen-bond donors (Lipinski definition) is 0. The Labute approximate surface area is 78.8 Å². The number of aliphatic imine (C=N–C) groups is 1. The van der Waals surface area contributed by atoms with Gasteiger partial charge in [-0.05, 0) is 11.6 Å². The molecule has 0 bridgehead atoms. The number of isocyanates is 1. The van der Waals surface area contributed by atoms with Gasteiger partial charge in [0.15, 0.2) is 0 Å². The Kier molecular flexibility index (Phi) is 2.17. The summed E-state index contributed by atoms with van der Waals surface area (Å²) in [7, 11) is 0. The molecule has 2 aromatic rings. The lowest BCUT2D eigenvalue weighted by atomic mass is 10.2. The van der Waals surface area contributed by atoms with Crippen molar-refractivity contribution in [3.05, 3.63) is 29.3 Å². The van der Waals surface area contributed by atoms with Crippen LogP contribution in [0.15, 0.2) is 28.7 Å². The summed E-state index contributed by atoms with van der Waals surface area (Å²) in [6, 6.07) is 5.80. The van der Waals surface area contributed by atoms with Crippen molar-refractivity contribution in [2.75, 3.05) is 0 Å². The fourth-order valence-electron chi connectivity index (χ4n) is 1.19. The summed E-state index contributed by atoms with van der Waals surface area (Å²) in [6.07, 6.45) is 1.53. The van der Waals surface area contributed by atoms with Gasteiger partial charge in [0.1, 0.15) is 0 Å². The fraction of sp³-hybridized carbons (Fsp3) is 0.111. The molecule has 0 saturated carbocycles. The van der Waals surface area contributed by atoms with Gasteiger partial charge in [-0.25, -0.2) is 14.8 Å². The van der Waals surface area contributed by atoms with Gasteiger partial charge < -0.3 is 0 Å². The first-order valence-electron chi connectivity index (χ1n) is 3.76. The van der Waals surface area contributed by atoms with Gasteiger partial charge in [-0.1, -0.05) is 12.1 Å². The molecule has 0 radical (unpaired) electrons. The van der Waals surface area contributed by atoms with Crippen molar-refractivity contribution >= 4 is 27.6 Å². The maximum Gasteiger partial charge on any atom is 0.235 e. The average molecular weight is 190 g/mol. The summed E-state index contributed by atoms with van der Waals surface area (Å²) < 4.78 is 1.10. The maximum absolute atomic E-state index is 9.95. The highest BCUT2D eigenvalue weighted by Gasteiger charge is 2.01. The number of carbonyl (C=O) groups excluding carboxylic acids is 1. The van der Waals surface area contributed by atoms with Gasteiger partial charge in [0.05, 0.1) is 22.3 Å². The van der Waals surface area contributed by atoms with Crippen LogP contribution < -0.4 is 0 Å². The lowest BCUT2D eigenvalue weighted by molar-refractivity contribution is 0.563. The van der Waals surface area contributed by atoms with Crippen LogP contribution in [-0.4, -0.2) is 11.1 Å². The average Bonchev–Trinajstić information content (AvgIpc) is 2.62. The zero-order chi connectivity index (χ0) is 9.10. The van der Waals surface area contributed by atoms with Crippen LogP contribution in [0, 0.1) is 0 Å². The minimum Gasteiger partial charge on any atom is -0.245 e. The Morgan fingerprint density at radius 1 is 1.54 bits per heavy atom. The van der Waals surface area contributed by atoms with Crippen molar-refractivity contribution in [2.45, 2.75) is 6.54 Å². The van der Waals surface area contributed by atoms with Crippen LogP contribution in [-0.2, 0) is 11.3 Å². The van der Waals surface area contributed by atoms with Crippen molar-refractivity contribution in [2.24, 2.45) is 4.99 Å². The zero-order valence-electron chi connectivity index (χ0n) is 6.73. The highest BCUT2D eigenvalue weighted by molar-refractivity contribution is 7.16. The van der Waals surface area contributed by atoms with Crippen molar-refractivity contribution in [1.82, 2.24) is 4.98 Å². The third kappa shape index (κ3) is 1.49. The molecule has 0 aliphatic heterocycles. The minimum absolute atomic E-state index is 0.392. The van der Waals surface area contributed by atoms with E-state index in [2.05, 4.69) is 9.98 Å². The molecule has 0 aliphatic carbocycles. The molecule has 0 aliphatic rings. The van der Waals surface area contributed by atoms with E-state index < -0.39 is 0 Å². The van der Waals surface area contributed by atoms with E-state index in [0.29, 0.717) is 6.54 Å². The summed E-state index contributed by atoms with van der Waals surface area (Å²) in [4.78, 5) is 17.7. The molecule has 1 aromatic carbocycles. The van der Waals surface area contributed by atoms with Crippen LogP contribution in [0.2, 0.25) is 0 Å². The molecule has 0 unspecified atom stereocenters. The zero-order valence-corrected chi connectivity index (χ0v) is 7.54. The predicted octanol–water partition coefficient (Wildman–Crippen LogP) is 2.13. The Morgan fingerprint density at radius 2 is 2.46 bits per heavy atom. The largest absolute Gasteiger partial charge is 0.245 e. The van der Waals surface area contributed by atoms with Gasteiger partial charge in [0.2, 0.25) is 6.08 Å². The molecule has 1 heterocycles. The highest BCUT2D eigenvalue weighted by Crippen LogP contribution is 2.22. The molecule has 13 heavy (non-hydrogen) atoms. The molecule has 3 nitrogen and oxygen atoms in total. The lowest BCUT2D eigenvalue weighted by Gasteiger charge is -1.95. The molecule has 0 spiro atoms. The van der Waals surface area contributed by atoms with Crippen molar-refractivity contribution < 1.29 is 4.79 Å². The molecule has 2 rings (SSSR count). The summed E-state index contributed by atoms with van der Waals surface area (Å²) in [5.74, 6) is 0. The first kappa shape index (κ1) is 8.10. The Morgan fingerprint density at radius 3 is 3.31 bits per heavy atom. The summed E-state index contributed by atoms with van der Waals surface area (Å²) in [5.41, 5.74) is 3.78. The molecule has 64 valence electrons. The summed E-state index contributed by atoms with van der Waals surface area (Å²) in [5, 5.41) is 0. The monoisotopic (exact) mass is 190 g/mol. The third-order valence-electron chi connectivity index (χ3n) is 1.75. The van der Waals surface area contributed by atoms with Crippen molar-refractivity contribution in [3.63, 3.8) is 0 Å². The van der Waals surface area contributed by atoms with E-state index in [0.717, 1.165) is 15.8 Å². The van der Waals surface area contributed by atoms with E-state index in [9.17, 15) is 4.79 Å². The van der Waals surface area contributed by atoms with E-state index in [-0.39, 0.29) is 0 Å². The Bertz CT molecular complexity index is 471. The minimum atomic E-state index is 0.392. The van der Waals surface area contributed by atoms with Crippen LogP contribution in [0.5, 0.6) is 0 Å². The SMILES string of the molecule is O=C=NCc1cccc2ncsc12. The molecular formula is C9H6N2OS. The number of rotatable bonds is 2. The van der Waals surface area contributed by atoms with Crippen LogP contribution in [0.3, 0.4) is 0 Å². The number of thiazole rings is 1. The van der Waals surface area contributed by atoms with Gasteiger partial charge in [0, 0.05) is 0 Å². The van der Waals surface area contributed by atoms with Crippen LogP contribution in [0.4, 0.5) is 0 Å². The normalized spacial score (nSPS) is 9.85. The molecule has 1 aromatic heterocycles. The standard InChI is InChI=1S/C9H6N2OS/c12-5-10-4-7-2-1-3-8-9(7)13-6-11-8/h1-3,6H,4H2. The van der Waals surface area contributed by atoms with Crippen molar-refractivity contribution in [1.29, 1.82) is 0 Å². The molecule has 0 saturated heterocycles. The van der Waals surface area contributed by atoms with E-state index in [1.54, 1.807) is 16.8 Å². The number of hydrogen-bond acceptors (Lipinski definition) is 4. The third-order valence-corrected chi connectivity index (χ3v) is 2.67. The maximum atomic E-state index is 9.95. The van der Waals surface area contributed by atoms with Crippen LogP contribution in [0.1, 0.15) is 5.56 Å². The van der Waals surface area contributed by atoms with E-state index >= 15 is 0 Å². The number of benzene rings is 1. The van der Waals surface area contributed by atoms with E-state index in [1.807, 2.05) is 18.2 Å². The number of fused-ring (bicyclic) bond motifs is 1. The molecular weight excluding hydrogens is 184 g/mol. The van der Waals surface area contributed by atoms with Gasteiger partial charge in [-0.15, -0.1) is 11.3 Å².